The summed E-state index contributed by atoms with van der Waals surface area (Å²) in [6.07, 6.45) is -0.566. The van der Waals surface area contributed by atoms with Crippen molar-refractivity contribution in [1.29, 1.82) is 10.7 Å². The second-order valence-corrected chi connectivity index (χ2v) is 6.64. The number of benzene rings is 2. The number of hydrogen-bond donors (Lipinski definition) is 5. The molecule has 0 aliphatic carbocycles. The van der Waals surface area contributed by atoms with Gasteiger partial charge in [-0.1, -0.05) is 0 Å². The first-order chi connectivity index (χ1) is 15.5. The van der Waals surface area contributed by atoms with Crippen molar-refractivity contribution in [2.24, 2.45) is 5.73 Å². The zero-order valence-corrected chi connectivity index (χ0v) is 18.2. The molecule has 2 aromatic rings. The number of hydroxylamine groups is 1. The van der Waals surface area contributed by atoms with Crippen molar-refractivity contribution in [1.82, 2.24) is 10.8 Å². The van der Waals surface area contributed by atoms with E-state index in [1.165, 1.54) is 0 Å². The second-order valence-electron chi connectivity index (χ2n) is 6.64. The van der Waals surface area contributed by atoms with Crippen LogP contribution in [-0.4, -0.2) is 31.6 Å². The first-order valence-corrected chi connectivity index (χ1v) is 9.32. The number of amides is 1. The van der Waals surface area contributed by atoms with Gasteiger partial charge >= 0.3 is 0 Å². The Morgan fingerprint density at radius 1 is 1.18 bits per heavy atom. The first kappa shape index (κ1) is 28.4. The number of nitriles is 1. The highest BCUT2D eigenvalue weighted by Crippen LogP contribution is 2.30. The minimum Gasteiger partial charge on any atom is -0.376 e. The van der Waals surface area contributed by atoms with Crippen LogP contribution in [0.5, 0.6) is 0 Å². The summed E-state index contributed by atoms with van der Waals surface area (Å²) in [5.41, 5.74) is 5.33. The Kier molecular flexibility index (Phi) is 10.5. The normalized spacial score (nSPS) is 10.6. The molecule has 184 valence electrons. The fraction of sp³-hybridized carbons (Fsp3) is 0.250. The molecule has 0 atom stereocenters. The maximum Gasteiger partial charge on any atom is 0.290 e. The number of carbonyl (C=O) groups excluding carboxylic acids is 1. The van der Waals surface area contributed by atoms with E-state index in [0.29, 0.717) is 18.2 Å². The van der Waals surface area contributed by atoms with Gasteiger partial charge in [-0.25, -0.2) is 18.7 Å². The molecular formula is C20H20ClF5N6O2. The molecule has 14 heteroatoms. The van der Waals surface area contributed by atoms with E-state index in [4.69, 9.17) is 16.0 Å². The van der Waals surface area contributed by atoms with E-state index in [0.717, 1.165) is 12.1 Å². The quantitative estimate of drug-likeness (QED) is 0.110. The molecule has 0 bridgehead atoms. The molecule has 34 heavy (non-hydrogen) atoms. The summed E-state index contributed by atoms with van der Waals surface area (Å²) in [6.45, 7) is -1.26. The van der Waals surface area contributed by atoms with Crippen LogP contribution in [0.25, 0.3) is 0 Å². The number of nitrogens with zero attached hydrogens (tertiary/aromatic N) is 1. The summed E-state index contributed by atoms with van der Waals surface area (Å²) in [5.74, 6) is -8.62. The molecule has 2 rings (SSSR count). The van der Waals surface area contributed by atoms with Crippen molar-refractivity contribution < 1.29 is 31.6 Å². The fourth-order valence-electron chi connectivity index (χ4n) is 2.66. The Hall–Kier alpha value is -3.63. The van der Waals surface area contributed by atoms with Crippen molar-refractivity contribution in [3.8, 4) is 6.07 Å². The summed E-state index contributed by atoms with van der Waals surface area (Å²) >= 11 is 0. The van der Waals surface area contributed by atoms with Crippen molar-refractivity contribution >= 4 is 30.0 Å². The highest BCUT2D eigenvalue weighted by Gasteiger charge is 2.32. The number of halogens is 6. The zero-order chi connectivity index (χ0) is 24.6. The Morgan fingerprint density at radius 2 is 1.88 bits per heavy atom. The highest BCUT2D eigenvalue weighted by molar-refractivity contribution is 5.85. The lowest BCUT2D eigenvalue weighted by Crippen LogP contribution is -2.35. The number of carbonyl (C=O) groups is 1. The number of rotatable bonds is 10. The number of nitrogens with two attached hydrogens (primary N) is 1. The van der Waals surface area contributed by atoms with Gasteiger partial charge in [-0.3, -0.25) is 15.0 Å². The summed E-state index contributed by atoms with van der Waals surface area (Å²) < 4.78 is 69.9. The molecule has 0 unspecified atom stereocenters. The van der Waals surface area contributed by atoms with Crippen LogP contribution in [0.2, 0.25) is 0 Å². The summed E-state index contributed by atoms with van der Waals surface area (Å²) in [6, 6.07) is 5.54. The molecular weight excluding hydrogens is 487 g/mol. The second kappa shape index (κ2) is 12.6. The zero-order valence-electron chi connectivity index (χ0n) is 17.4. The first-order valence-electron chi connectivity index (χ1n) is 9.32. The fourth-order valence-corrected chi connectivity index (χ4v) is 2.66. The van der Waals surface area contributed by atoms with E-state index in [9.17, 15) is 32.0 Å². The predicted molar refractivity (Wildman–Crippen MR) is 115 cm³/mol. The predicted octanol–water partition coefficient (Wildman–Crippen LogP) is 2.67. The average molecular weight is 507 g/mol. The molecule has 6 N–H and O–H groups in total. The summed E-state index contributed by atoms with van der Waals surface area (Å²) in [4.78, 5) is 16.8. The van der Waals surface area contributed by atoms with Crippen LogP contribution in [0.4, 0.5) is 27.6 Å². The lowest BCUT2D eigenvalue weighted by Gasteiger charge is -2.19. The van der Waals surface area contributed by atoms with Crippen LogP contribution in [0.3, 0.4) is 0 Å². The van der Waals surface area contributed by atoms with Crippen LogP contribution in [0, 0.1) is 34.2 Å². The van der Waals surface area contributed by atoms with Crippen molar-refractivity contribution in [3.05, 3.63) is 64.5 Å². The Labute approximate surface area is 197 Å². The SMILES string of the molecule is Cl.N#Cc1ccc(NCC(F)(F)c2ccc(F)c(F)c2)c(F)c1CC(=O)NCCONC(=N)N. The Balaban J connectivity index is 0.00000578. The molecule has 1 amide bonds. The summed E-state index contributed by atoms with van der Waals surface area (Å²) in [7, 11) is 0. The van der Waals surface area contributed by atoms with Crippen molar-refractivity contribution in [2.75, 3.05) is 25.0 Å². The Bertz CT molecular complexity index is 1080. The van der Waals surface area contributed by atoms with Gasteiger partial charge in [0.15, 0.2) is 17.5 Å². The minimum atomic E-state index is -3.68. The van der Waals surface area contributed by atoms with E-state index < -0.39 is 59.5 Å². The van der Waals surface area contributed by atoms with E-state index in [-0.39, 0.29) is 36.7 Å². The molecule has 0 saturated heterocycles. The van der Waals surface area contributed by atoms with Gasteiger partial charge in [0.2, 0.25) is 11.9 Å². The van der Waals surface area contributed by atoms with Gasteiger partial charge < -0.3 is 16.4 Å². The number of hydrogen-bond acceptors (Lipinski definition) is 5. The van der Waals surface area contributed by atoms with Crippen LogP contribution < -0.4 is 21.8 Å². The van der Waals surface area contributed by atoms with Gasteiger partial charge in [-0.15, -0.1) is 12.4 Å². The number of anilines is 1. The molecule has 0 spiro atoms. The Morgan fingerprint density at radius 3 is 2.50 bits per heavy atom. The highest BCUT2D eigenvalue weighted by atomic mass is 35.5. The topological polar surface area (TPSA) is 136 Å². The third-order valence-electron chi connectivity index (χ3n) is 4.25. The lowest BCUT2D eigenvalue weighted by atomic mass is 10.0. The smallest absolute Gasteiger partial charge is 0.290 e. The third kappa shape index (κ3) is 7.75. The van der Waals surface area contributed by atoms with Crippen molar-refractivity contribution in [3.63, 3.8) is 0 Å². The van der Waals surface area contributed by atoms with E-state index in [1.54, 1.807) is 6.07 Å². The lowest BCUT2D eigenvalue weighted by molar-refractivity contribution is -0.120. The van der Waals surface area contributed by atoms with Gasteiger partial charge in [0.05, 0.1) is 36.9 Å². The van der Waals surface area contributed by atoms with E-state index in [2.05, 4.69) is 10.6 Å². The van der Waals surface area contributed by atoms with Gasteiger partial charge in [0, 0.05) is 17.7 Å². The molecule has 0 heterocycles. The van der Waals surface area contributed by atoms with Crippen LogP contribution >= 0.6 is 12.4 Å². The molecule has 0 aromatic heterocycles. The molecule has 0 saturated carbocycles. The third-order valence-corrected chi connectivity index (χ3v) is 4.25. The molecule has 0 aliphatic heterocycles. The number of guanidine groups is 1. The number of nitrogens with one attached hydrogen (secondary N) is 4. The van der Waals surface area contributed by atoms with E-state index in [1.807, 2.05) is 5.48 Å². The average Bonchev–Trinajstić information content (AvgIpc) is 2.75. The van der Waals surface area contributed by atoms with Crippen LogP contribution in [-0.2, 0) is 22.0 Å². The maximum atomic E-state index is 14.9. The van der Waals surface area contributed by atoms with E-state index >= 15 is 0 Å². The molecule has 0 radical (unpaired) electrons. The molecule has 2 aromatic carbocycles. The molecule has 0 aliphatic rings. The van der Waals surface area contributed by atoms with Crippen LogP contribution in [0.1, 0.15) is 16.7 Å². The largest absolute Gasteiger partial charge is 0.376 e. The van der Waals surface area contributed by atoms with Crippen molar-refractivity contribution in [2.45, 2.75) is 12.3 Å². The van der Waals surface area contributed by atoms with Gasteiger partial charge in [-0.2, -0.15) is 14.0 Å². The van der Waals surface area contributed by atoms with Gasteiger partial charge in [-0.05, 0) is 30.3 Å². The monoisotopic (exact) mass is 506 g/mol. The summed E-state index contributed by atoms with van der Waals surface area (Å²) in [5, 5.41) is 20.6. The van der Waals surface area contributed by atoms with Crippen LogP contribution in [0.15, 0.2) is 30.3 Å². The molecule has 0 fully saturated rings. The van der Waals surface area contributed by atoms with Gasteiger partial charge in [0.1, 0.15) is 0 Å². The molecule has 8 nitrogen and oxygen atoms in total. The minimum absolute atomic E-state index is 0. The number of alkyl halides is 2. The maximum absolute atomic E-state index is 14.9. The standard InChI is InChI=1S/C20H19F5N6O2.ClH/c21-14-3-2-12(7-15(14)22)20(24,25)10-30-16-4-1-11(9-26)13(18(16)23)8-17(32)29-5-6-33-31-19(27)28;/h1-4,7,30H,5-6,8,10H2,(H,29,32)(H4,27,28,31);1H. The van der Waals surface area contributed by atoms with Gasteiger partial charge in [0.25, 0.3) is 5.92 Å².